The lowest BCUT2D eigenvalue weighted by Gasteiger charge is -2.02. The minimum atomic E-state index is 0.947. The van der Waals surface area contributed by atoms with E-state index in [-0.39, 0.29) is 0 Å². The van der Waals surface area contributed by atoms with Crippen molar-refractivity contribution in [1.29, 1.82) is 0 Å². The Kier molecular flexibility index (Phi) is 2.90. The van der Waals surface area contributed by atoms with Gasteiger partial charge in [-0.1, -0.05) is 34.7 Å². The smallest absolute Gasteiger partial charge is 0.203 e. The summed E-state index contributed by atoms with van der Waals surface area (Å²) in [5.74, 6) is 0.947. The highest BCUT2D eigenvalue weighted by Crippen LogP contribution is 2.17. The van der Waals surface area contributed by atoms with Gasteiger partial charge in [0.1, 0.15) is 0 Å². The topological polar surface area (TPSA) is 29.9 Å². The van der Waals surface area contributed by atoms with Gasteiger partial charge in [0.05, 0.1) is 11.0 Å². The van der Waals surface area contributed by atoms with Crippen molar-refractivity contribution in [2.24, 2.45) is 7.05 Å². The van der Waals surface area contributed by atoms with Gasteiger partial charge < -0.3 is 9.88 Å². The molecule has 1 aromatic heterocycles. The van der Waals surface area contributed by atoms with Crippen LogP contribution in [0.5, 0.6) is 0 Å². The summed E-state index contributed by atoms with van der Waals surface area (Å²) >= 11 is 2.34. The third-order valence-corrected chi connectivity index (χ3v) is 2.70. The quantitative estimate of drug-likeness (QED) is 0.697. The van der Waals surface area contributed by atoms with Gasteiger partial charge in [0.2, 0.25) is 5.95 Å². The van der Waals surface area contributed by atoms with E-state index in [9.17, 15) is 0 Å². The highest BCUT2D eigenvalue weighted by Gasteiger charge is 2.04. The van der Waals surface area contributed by atoms with Crippen molar-refractivity contribution in [2.75, 3.05) is 16.3 Å². The van der Waals surface area contributed by atoms with Crippen LogP contribution in [-0.2, 0) is 7.05 Å². The number of nitrogens with zero attached hydrogens (tertiary/aromatic N) is 2. The molecule has 0 amide bonds. The van der Waals surface area contributed by atoms with Crippen molar-refractivity contribution in [2.45, 2.75) is 0 Å². The first-order valence-corrected chi connectivity index (χ1v) is 6.07. The molecule has 2 rings (SSSR count). The average molecular weight is 301 g/mol. The molecule has 0 aliphatic carbocycles. The van der Waals surface area contributed by atoms with Gasteiger partial charge in [-0.15, -0.1) is 0 Å². The number of nitrogens with one attached hydrogen (secondary N) is 1. The molecule has 74 valence electrons. The number of para-hydroxylation sites is 2. The monoisotopic (exact) mass is 301 g/mol. The molecular formula is C10H12IN3. The SMILES string of the molecule is Cn1c(NCCI)nc2ccccc21. The van der Waals surface area contributed by atoms with Crippen molar-refractivity contribution in [3.05, 3.63) is 24.3 Å². The third kappa shape index (κ3) is 1.70. The van der Waals surface area contributed by atoms with Crippen molar-refractivity contribution < 1.29 is 0 Å². The summed E-state index contributed by atoms with van der Waals surface area (Å²) in [6.45, 7) is 0.956. The number of aromatic nitrogens is 2. The number of rotatable bonds is 3. The van der Waals surface area contributed by atoms with Crippen LogP contribution in [-0.4, -0.2) is 20.5 Å². The molecule has 3 nitrogen and oxygen atoms in total. The molecule has 14 heavy (non-hydrogen) atoms. The number of anilines is 1. The Balaban J connectivity index is 2.41. The van der Waals surface area contributed by atoms with Crippen LogP contribution in [0.15, 0.2) is 24.3 Å². The fourth-order valence-electron chi connectivity index (χ4n) is 1.46. The summed E-state index contributed by atoms with van der Waals surface area (Å²) in [4.78, 5) is 4.50. The number of alkyl halides is 1. The molecule has 0 atom stereocenters. The Bertz CT molecular complexity index is 436. The third-order valence-electron chi connectivity index (χ3n) is 2.16. The fourth-order valence-corrected chi connectivity index (χ4v) is 1.73. The molecule has 0 aliphatic heterocycles. The molecule has 1 heterocycles. The first-order chi connectivity index (χ1) is 6.83. The lowest BCUT2D eigenvalue weighted by molar-refractivity contribution is 0.939. The second kappa shape index (κ2) is 4.16. The van der Waals surface area contributed by atoms with Gasteiger partial charge in [0.25, 0.3) is 0 Å². The van der Waals surface area contributed by atoms with Crippen LogP contribution in [0, 0.1) is 0 Å². The van der Waals surface area contributed by atoms with Gasteiger partial charge in [-0.25, -0.2) is 4.98 Å². The Morgan fingerprint density at radius 3 is 2.93 bits per heavy atom. The highest BCUT2D eigenvalue weighted by atomic mass is 127. The molecule has 0 radical (unpaired) electrons. The zero-order valence-corrected chi connectivity index (χ0v) is 10.2. The number of hydrogen-bond acceptors (Lipinski definition) is 2. The maximum atomic E-state index is 4.50. The summed E-state index contributed by atoms with van der Waals surface area (Å²) in [5.41, 5.74) is 2.22. The molecule has 0 unspecified atom stereocenters. The first kappa shape index (κ1) is 9.76. The minimum absolute atomic E-state index is 0.947. The van der Waals surface area contributed by atoms with Crippen LogP contribution >= 0.6 is 22.6 Å². The van der Waals surface area contributed by atoms with Gasteiger partial charge in [0, 0.05) is 18.0 Å². The van der Waals surface area contributed by atoms with E-state index in [0.717, 1.165) is 22.4 Å². The first-order valence-electron chi connectivity index (χ1n) is 4.54. The van der Waals surface area contributed by atoms with Crippen LogP contribution < -0.4 is 5.32 Å². The van der Waals surface area contributed by atoms with Gasteiger partial charge in [-0.05, 0) is 12.1 Å². The summed E-state index contributed by atoms with van der Waals surface area (Å²) < 4.78 is 3.17. The summed E-state index contributed by atoms with van der Waals surface area (Å²) in [7, 11) is 2.03. The second-order valence-corrected chi connectivity index (χ2v) is 4.18. The molecule has 0 saturated heterocycles. The van der Waals surface area contributed by atoms with Gasteiger partial charge >= 0.3 is 0 Å². The van der Waals surface area contributed by atoms with Gasteiger partial charge in [-0.2, -0.15) is 0 Å². The zero-order chi connectivity index (χ0) is 9.97. The van der Waals surface area contributed by atoms with Gasteiger partial charge in [0.15, 0.2) is 0 Å². The van der Waals surface area contributed by atoms with Crippen LogP contribution in [0.3, 0.4) is 0 Å². The molecule has 1 N–H and O–H groups in total. The lowest BCUT2D eigenvalue weighted by Crippen LogP contribution is -2.07. The predicted octanol–water partition coefficient (Wildman–Crippen LogP) is 2.42. The molecule has 0 spiro atoms. The number of halogens is 1. The van der Waals surface area contributed by atoms with E-state index in [4.69, 9.17) is 0 Å². The largest absolute Gasteiger partial charge is 0.355 e. The highest BCUT2D eigenvalue weighted by molar-refractivity contribution is 14.1. The normalized spacial score (nSPS) is 10.7. The summed E-state index contributed by atoms with van der Waals surface area (Å²) in [6, 6.07) is 8.16. The number of fused-ring (bicyclic) bond motifs is 1. The molecule has 0 bridgehead atoms. The lowest BCUT2D eigenvalue weighted by atomic mass is 10.3. The molecule has 0 fully saturated rings. The standard InChI is InChI=1S/C10H12IN3/c1-14-9-5-3-2-4-8(9)13-10(14)12-7-6-11/h2-5H,6-7H2,1H3,(H,12,13). The molecule has 0 aliphatic rings. The minimum Gasteiger partial charge on any atom is -0.355 e. The molecule has 1 aromatic carbocycles. The Labute approximate surface area is 96.7 Å². The maximum absolute atomic E-state index is 4.50. The van der Waals surface area contributed by atoms with E-state index in [0.29, 0.717) is 0 Å². The molecule has 0 saturated carbocycles. The van der Waals surface area contributed by atoms with E-state index in [1.165, 1.54) is 5.52 Å². The molecule has 2 aromatic rings. The van der Waals surface area contributed by atoms with Crippen molar-refractivity contribution >= 4 is 39.6 Å². The van der Waals surface area contributed by atoms with Crippen molar-refractivity contribution in [3.63, 3.8) is 0 Å². The number of hydrogen-bond donors (Lipinski definition) is 1. The van der Waals surface area contributed by atoms with Crippen LogP contribution in [0.2, 0.25) is 0 Å². The Morgan fingerprint density at radius 2 is 2.21 bits per heavy atom. The summed E-state index contributed by atoms with van der Waals surface area (Å²) in [6.07, 6.45) is 0. The van der Waals surface area contributed by atoms with E-state index >= 15 is 0 Å². The van der Waals surface area contributed by atoms with Crippen molar-refractivity contribution in [3.8, 4) is 0 Å². The molecule has 4 heteroatoms. The second-order valence-electron chi connectivity index (χ2n) is 3.10. The zero-order valence-electron chi connectivity index (χ0n) is 8.00. The number of benzene rings is 1. The average Bonchev–Trinajstić information content (AvgIpc) is 2.54. The van der Waals surface area contributed by atoms with Gasteiger partial charge in [-0.3, -0.25) is 0 Å². The van der Waals surface area contributed by atoms with Crippen molar-refractivity contribution in [1.82, 2.24) is 9.55 Å². The summed E-state index contributed by atoms with van der Waals surface area (Å²) in [5, 5.41) is 3.30. The van der Waals surface area contributed by atoms with E-state index in [1.807, 2.05) is 25.2 Å². The number of aryl methyl sites for hydroxylation is 1. The Hall–Kier alpha value is -0.780. The molecular weight excluding hydrogens is 289 g/mol. The van der Waals surface area contributed by atoms with Crippen LogP contribution in [0.25, 0.3) is 11.0 Å². The van der Waals surface area contributed by atoms with E-state index in [2.05, 4.69) is 43.5 Å². The fraction of sp³-hybridized carbons (Fsp3) is 0.300. The van der Waals surface area contributed by atoms with E-state index < -0.39 is 0 Å². The predicted molar refractivity (Wildman–Crippen MR) is 68.1 cm³/mol. The maximum Gasteiger partial charge on any atom is 0.203 e. The van der Waals surface area contributed by atoms with Crippen LogP contribution in [0.4, 0.5) is 5.95 Å². The van der Waals surface area contributed by atoms with Crippen LogP contribution in [0.1, 0.15) is 0 Å². The van der Waals surface area contributed by atoms with E-state index in [1.54, 1.807) is 0 Å². The number of imidazole rings is 1. The Morgan fingerprint density at radius 1 is 1.43 bits per heavy atom.